The summed E-state index contributed by atoms with van der Waals surface area (Å²) < 4.78 is 0. The second-order valence-corrected chi connectivity index (χ2v) is 5.85. The predicted octanol–water partition coefficient (Wildman–Crippen LogP) is 2.44. The Bertz CT molecular complexity index is 553. The molecule has 1 saturated heterocycles. The van der Waals surface area contributed by atoms with Crippen LogP contribution in [0.3, 0.4) is 0 Å². The van der Waals surface area contributed by atoms with E-state index >= 15 is 0 Å². The Labute approximate surface area is 117 Å². The first-order chi connectivity index (χ1) is 9.29. The highest BCUT2D eigenvalue weighted by atomic mass is 32.1. The summed E-state index contributed by atoms with van der Waals surface area (Å²) in [6.07, 6.45) is 4.23. The number of hydrogen-bond donors (Lipinski definition) is 1. The summed E-state index contributed by atoms with van der Waals surface area (Å²) in [6, 6.07) is 4.55. The van der Waals surface area contributed by atoms with Crippen LogP contribution in [0.2, 0.25) is 0 Å². The van der Waals surface area contributed by atoms with Gasteiger partial charge < -0.3 is 10.6 Å². The van der Waals surface area contributed by atoms with Crippen LogP contribution in [0.4, 0.5) is 5.95 Å². The maximum Gasteiger partial charge on any atom is 0.226 e. The number of aromatic nitrogens is 2. The lowest BCUT2D eigenvalue weighted by molar-refractivity contribution is 0.664. The van der Waals surface area contributed by atoms with Gasteiger partial charge in [-0.3, -0.25) is 0 Å². The molecule has 1 fully saturated rings. The fourth-order valence-electron chi connectivity index (χ4n) is 2.58. The summed E-state index contributed by atoms with van der Waals surface area (Å²) in [6.45, 7) is 3.74. The van der Waals surface area contributed by atoms with Gasteiger partial charge in [0, 0.05) is 25.3 Å². The first kappa shape index (κ1) is 12.6. The molecule has 0 amide bonds. The Morgan fingerprint density at radius 3 is 3.16 bits per heavy atom. The van der Waals surface area contributed by atoms with E-state index < -0.39 is 0 Å². The van der Waals surface area contributed by atoms with E-state index in [9.17, 15) is 0 Å². The molecule has 2 N–H and O–H groups in total. The van der Waals surface area contributed by atoms with Crippen LogP contribution < -0.4 is 10.6 Å². The van der Waals surface area contributed by atoms with Crippen molar-refractivity contribution in [2.75, 3.05) is 18.0 Å². The Morgan fingerprint density at radius 2 is 2.42 bits per heavy atom. The normalized spacial score (nSPS) is 19.1. The second-order valence-electron chi connectivity index (χ2n) is 4.90. The van der Waals surface area contributed by atoms with Crippen LogP contribution in [-0.4, -0.2) is 29.1 Å². The first-order valence-electron chi connectivity index (χ1n) is 6.64. The maximum atomic E-state index is 5.83. The molecule has 0 aromatic carbocycles. The van der Waals surface area contributed by atoms with Gasteiger partial charge >= 0.3 is 0 Å². The summed E-state index contributed by atoms with van der Waals surface area (Å²) in [5, 5.41) is 2.08. The highest BCUT2D eigenvalue weighted by molar-refractivity contribution is 7.13. The first-order valence-corrected chi connectivity index (χ1v) is 7.52. The summed E-state index contributed by atoms with van der Waals surface area (Å²) in [7, 11) is 0. The molecule has 1 atom stereocenters. The summed E-state index contributed by atoms with van der Waals surface area (Å²) in [4.78, 5) is 12.7. The van der Waals surface area contributed by atoms with Gasteiger partial charge in [-0.2, -0.15) is 0 Å². The number of nitrogens with zero attached hydrogens (tertiary/aromatic N) is 3. The minimum Gasteiger partial charge on any atom is -0.337 e. The van der Waals surface area contributed by atoms with E-state index in [0.29, 0.717) is 12.6 Å². The van der Waals surface area contributed by atoms with Crippen molar-refractivity contribution >= 4 is 17.3 Å². The lowest BCUT2D eigenvalue weighted by Crippen LogP contribution is -2.36. The van der Waals surface area contributed by atoms with Crippen molar-refractivity contribution in [2.45, 2.75) is 25.8 Å². The number of hydrogen-bond acceptors (Lipinski definition) is 5. The van der Waals surface area contributed by atoms with Crippen LogP contribution >= 0.6 is 11.3 Å². The van der Waals surface area contributed by atoms with Crippen molar-refractivity contribution in [3.05, 3.63) is 29.3 Å². The zero-order valence-electron chi connectivity index (χ0n) is 11.0. The van der Waals surface area contributed by atoms with Crippen molar-refractivity contribution in [2.24, 2.45) is 5.73 Å². The van der Waals surface area contributed by atoms with E-state index in [1.165, 1.54) is 11.3 Å². The molecule has 1 aliphatic rings. The lowest BCUT2D eigenvalue weighted by Gasteiger charge is -2.23. The van der Waals surface area contributed by atoms with Gasteiger partial charge in [0.25, 0.3) is 0 Å². The van der Waals surface area contributed by atoms with Crippen LogP contribution in [0.25, 0.3) is 10.6 Å². The highest BCUT2D eigenvalue weighted by Gasteiger charge is 2.25. The molecule has 0 radical (unpaired) electrons. The number of thiophene rings is 1. The summed E-state index contributed by atoms with van der Waals surface area (Å²) in [5.41, 5.74) is 7.99. The monoisotopic (exact) mass is 274 g/mol. The van der Waals surface area contributed by atoms with Crippen LogP contribution in [0.5, 0.6) is 0 Å². The Kier molecular flexibility index (Phi) is 3.48. The zero-order valence-corrected chi connectivity index (χ0v) is 11.9. The standard InChI is InChI=1S/C14H18N4S/c1-10-9-16-14(18-6-2-4-11(18)8-15)17-13(10)12-5-3-7-19-12/h3,5,7,9,11H,2,4,6,8,15H2,1H3. The molecule has 0 aliphatic carbocycles. The summed E-state index contributed by atoms with van der Waals surface area (Å²) >= 11 is 1.71. The molecule has 3 rings (SSSR count). The molecule has 0 bridgehead atoms. The molecule has 3 heterocycles. The van der Waals surface area contributed by atoms with Gasteiger partial charge in [0.05, 0.1) is 10.6 Å². The fourth-order valence-corrected chi connectivity index (χ4v) is 3.36. The molecule has 1 unspecified atom stereocenters. The van der Waals surface area contributed by atoms with E-state index in [-0.39, 0.29) is 0 Å². The van der Waals surface area contributed by atoms with Gasteiger partial charge in [-0.15, -0.1) is 11.3 Å². The molecular weight excluding hydrogens is 256 g/mol. The molecule has 100 valence electrons. The van der Waals surface area contributed by atoms with Gasteiger partial charge in [-0.05, 0) is 36.8 Å². The van der Waals surface area contributed by atoms with Crippen LogP contribution in [-0.2, 0) is 0 Å². The van der Waals surface area contributed by atoms with Crippen molar-refractivity contribution < 1.29 is 0 Å². The quantitative estimate of drug-likeness (QED) is 0.934. The second kappa shape index (κ2) is 5.27. The lowest BCUT2D eigenvalue weighted by atomic mass is 10.2. The number of anilines is 1. The van der Waals surface area contributed by atoms with Crippen molar-refractivity contribution in [1.82, 2.24) is 9.97 Å². The molecular formula is C14H18N4S. The van der Waals surface area contributed by atoms with E-state index in [2.05, 4.69) is 34.3 Å². The largest absolute Gasteiger partial charge is 0.337 e. The predicted molar refractivity (Wildman–Crippen MR) is 79.5 cm³/mol. The molecule has 5 heteroatoms. The number of aryl methyl sites for hydroxylation is 1. The van der Waals surface area contributed by atoms with E-state index in [1.54, 1.807) is 11.3 Å². The van der Waals surface area contributed by atoms with Crippen molar-refractivity contribution in [3.63, 3.8) is 0 Å². The minimum atomic E-state index is 0.388. The maximum absolute atomic E-state index is 5.83. The molecule has 2 aromatic rings. The highest BCUT2D eigenvalue weighted by Crippen LogP contribution is 2.29. The third kappa shape index (κ3) is 2.35. The minimum absolute atomic E-state index is 0.388. The van der Waals surface area contributed by atoms with Gasteiger partial charge in [0.2, 0.25) is 5.95 Å². The Balaban J connectivity index is 1.98. The van der Waals surface area contributed by atoms with Crippen molar-refractivity contribution in [3.8, 4) is 10.6 Å². The summed E-state index contributed by atoms with van der Waals surface area (Å²) in [5.74, 6) is 0.821. The zero-order chi connectivity index (χ0) is 13.2. The van der Waals surface area contributed by atoms with Gasteiger partial charge in [-0.25, -0.2) is 9.97 Å². The topological polar surface area (TPSA) is 55.0 Å². The number of rotatable bonds is 3. The van der Waals surface area contributed by atoms with Crippen LogP contribution in [0.1, 0.15) is 18.4 Å². The van der Waals surface area contributed by atoms with Crippen LogP contribution in [0.15, 0.2) is 23.7 Å². The van der Waals surface area contributed by atoms with Gasteiger partial charge in [-0.1, -0.05) is 6.07 Å². The molecule has 0 spiro atoms. The third-order valence-electron chi connectivity index (χ3n) is 3.62. The van der Waals surface area contributed by atoms with Crippen LogP contribution in [0, 0.1) is 6.92 Å². The smallest absolute Gasteiger partial charge is 0.226 e. The Hall–Kier alpha value is -1.46. The van der Waals surface area contributed by atoms with Crippen molar-refractivity contribution in [1.29, 1.82) is 0 Å². The van der Waals surface area contributed by atoms with E-state index in [4.69, 9.17) is 10.7 Å². The Morgan fingerprint density at radius 1 is 1.53 bits per heavy atom. The fraction of sp³-hybridized carbons (Fsp3) is 0.429. The molecule has 1 aliphatic heterocycles. The average molecular weight is 274 g/mol. The SMILES string of the molecule is Cc1cnc(N2CCCC2CN)nc1-c1cccs1. The van der Waals surface area contributed by atoms with Gasteiger partial charge in [0.1, 0.15) is 0 Å². The molecule has 19 heavy (non-hydrogen) atoms. The average Bonchev–Trinajstić information content (AvgIpc) is 3.10. The third-order valence-corrected chi connectivity index (χ3v) is 4.50. The number of nitrogens with two attached hydrogens (primary N) is 1. The molecule has 0 saturated carbocycles. The molecule has 4 nitrogen and oxygen atoms in total. The molecule has 2 aromatic heterocycles. The van der Waals surface area contributed by atoms with E-state index in [0.717, 1.165) is 30.2 Å². The van der Waals surface area contributed by atoms with Gasteiger partial charge in [0.15, 0.2) is 0 Å². The van der Waals surface area contributed by atoms with E-state index in [1.807, 2.05) is 6.20 Å².